The molecule has 1 amide bonds. The number of hydrogen-bond acceptors (Lipinski definition) is 7. The Kier molecular flexibility index (Phi) is 5.38. The standard InChI is InChI=1S/C15H20N6OS/c1-8(2)10-6-4-5-7-11(10)18-12(22)9(3)23-15-20-13(16)19-14(17)21-15/h4-9H,1-3H3,(H,18,22)(H4,16,17,19,20,21)/t9-/m0/s1. The number of benzene rings is 1. The molecule has 0 aliphatic carbocycles. The van der Waals surface area contributed by atoms with E-state index < -0.39 is 5.25 Å². The zero-order valence-electron chi connectivity index (χ0n) is 13.3. The van der Waals surface area contributed by atoms with Crippen molar-refractivity contribution in [3.63, 3.8) is 0 Å². The molecule has 0 fully saturated rings. The Balaban J connectivity index is 2.08. The zero-order chi connectivity index (χ0) is 17.0. The Morgan fingerprint density at radius 3 is 2.30 bits per heavy atom. The van der Waals surface area contributed by atoms with Crippen LogP contribution in [0.1, 0.15) is 32.3 Å². The van der Waals surface area contributed by atoms with Crippen molar-refractivity contribution in [3.8, 4) is 0 Å². The maximum absolute atomic E-state index is 12.4. The number of carbonyl (C=O) groups is 1. The second-order valence-corrected chi connectivity index (χ2v) is 6.63. The zero-order valence-corrected chi connectivity index (χ0v) is 14.1. The van der Waals surface area contributed by atoms with Crippen molar-refractivity contribution in [2.24, 2.45) is 0 Å². The first-order valence-electron chi connectivity index (χ1n) is 7.20. The van der Waals surface area contributed by atoms with E-state index in [1.807, 2.05) is 24.3 Å². The largest absolute Gasteiger partial charge is 0.368 e. The first-order chi connectivity index (χ1) is 10.9. The van der Waals surface area contributed by atoms with Crippen LogP contribution in [-0.4, -0.2) is 26.1 Å². The minimum atomic E-state index is -0.406. The second kappa shape index (κ2) is 7.28. The summed E-state index contributed by atoms with van der Waals surface area (Å²) < 4.78 is 0. The summed E-state index contributed by atoms with van der Waals surface area (Å²) in [4.78, 5) is 24.0. The van der Waals surface area contributed by atoms with Gasteiger partial charge in [0.1, 0.15) is 0 Å². The van der Waals surface area contributed by atoms with Crippen molar-refractivity contribution in [1.82, 2.24) is 15.0 Å². The lowest BCUT2D eigenvalue weighted by Gasteiger charge is -2.16. The molecule has 0 saturated carbocycles. The molecule has 0 aliphatic heterocycles. The molecule has 2 aromatic rings. The lowest BCUT2D eigenvalue weighted by Crippen LogP contribution is -2.23. The number of para-hydroxylation sites is 1. The van der Waals surface area contributed by atoms with E-state index in [1.54, 1.807) is 6.92 Å². The van der Waals surface area contributed by atoms with Crippen LogP contribution in [0.15, 0.2) is 29.4 Å². The fraction of sp³-hybridized carbons (Fsp3) is 0.333. The molecule has 8 heteroatoms. The predicted molar refractivity (Wildman–Crippen MR) is 93.1 cm³/mol. The number of nitrogen functional groups attached to an aromatic ring is 2. The average molecular weight is 332 g/mol. The summed E-state index contributed by atoms with van der Waals surface area (Å²) in [6, 6.07) is 7.75. The number of nitrogens with one attached hydrogen (secondary N) is 1. The minimum Gasteiger partial charge on any atom is -0.368 e. The van der Waals surface area contributed by atoms with Crippen LogP contribution in [-0.2, 0) is 4.79 Å². The molecule has 5 N–H and O–H groups in total. The van der Waals surface area contributed by atoms with Crippen LogP contribution >= 0.6 is 11.8 Å². The number of anilines is 3. The molecule has 122 valence electrons. The smallest absolute Gasteiger partial charge is 0.237 e. The van der Waals surface area contributed by atoms with E-state index in [0.717, 1.165) is 11.3 Å². The van der Waals surface area contributed by atoms with Gasteiger partial charge in [0.25, 0.3) is 0 Å². The lowest BCUT2D eigenvalue weighted by atomic mass is 10.0. The highest BCUT2D eigenvalue weighted by atomic mass is 32.2. The van der Waals surface area contributed by atoms with Gasteiger partial charge in [-0.1, -0.05) is 43.8 Å². The van der Waals surface area contributed by atoms with Gasteiger partial charge in [-0.2, -0.15) is 15.0 Å². The second-order valence-electron chi connectivity index (χ2n) is 5.33. The topological polar surface area (TPSA) is 120 Å². The number of rotatable bonds is 5. The average Bonchev–Trinajstić information content (AvgIpc) is 2.46. The van der Waals surface area contributed by atoms with Gasteiger partial charge in [-0.3, -0.25) is 4.79 Å². The van der Waals surface area contributed by atoms with Gasteiger partial charge in [-0.05, 0) is 24.5 Å². The predicted octanol–water partition coefficient (Wildman–Crippen LogP) is 2.28. The molecule has 1 atom stereocenters. The van der Waals surface area contributed by atoms with Gasteiger partial charge in [0.15, 0.2) is 5.16 Å². The van der Waals surface area contributed by atoms with E-state index >= 15 is 0 Å². The van der Waals surface area contributed by atoms with Crippen molar-refractivity contribution in [3.05, 3.63) is 29.8 Å². The van der Waals surface area contributed by atoms with Gasteiger partial charge in [0, 0.05) is 5.69 Å². The summed E-state index contributed by atoms with van der Waals surface area (Å²) in [5.41, 5.74) is 13.0. The number of amides is 1. The third-order valence-corrected chi connectivity index (χ3v) is 4.10. The van der Waals surface area contributed by atoms with Crippen LogP contribution in [0, 0.1) is 0 Å². The molecular formula is C15H20N6OS. The normalized spacial score (nSPS) is 12.2. The molecule has 1 heterocycles. The van der Waals surface area contributed by atoms with Crippen LogP contribution in [0.4, 0.5) is 17.6 Å². The van der Waals surface area contributed by atoms with Crippen molar-refractivity contribution >= 4 is 35.3 Å². The van der Waals surface area contributed by atoms with E-state index in [1.165, 1.54) is 11.8 Å². The van der Waals surface area contributed by atoms with Crippen LogP contribution in [0.25, 0.3) is 0 Å². The maximum Gasteiger partial charge on any atom is 0.237 e. The van der Waals surface area contributed by atoms with Crippen LogP contribution < -0.4 is 16.8 Å². The monoisotopic (exact) mass is 332 g/mol. The van der Waals surface area contributed by atoms with Gasteiger partial charge < -0.3 is 16.8 Å². The molecule has 1 aromatic carbocycles. The summed E-state index contributed by atoms with van der Waals surface area (Å²) in [7, 11) is 0. The van der Waals surface area contributed by atoms with Gasteiger partial charge in [-0.25, -0.2) is 0 Å². The summed E-state index contributed by atoms with van der Waals surface area (Å²) >= 11 is 1.18. The van der Waals surface area contributed by atoms with E-state index in [-0.39, 0.29) is 17.8 Å². The van der Waals surface area contributed by atoms with Crippen LogP contribution in [0.3, 0.4) is 0 Å². The molecule has 2 rings (SSSR count). The summed E-state index contributed by atoms with van der Waals surface area (Å²) in [6.07, 6.45) is 0. The Labute approximate surface area is 139 Å². The Morgan fingerprint density at radius 2 is 1.70 bits per heavy atom. The third-order valence-electron chi connectivity index (χ3n) is 3.14. The van der Waals surface area contributed by atoms with Crippen LogP contribution in [0.2, 0.25) is 0 Å². The molecule has 7 nitrogen and oxygen atoms in total. The van der Waals surface area contributed by atoms with Crippen molar-refractivity contribution in [2.75, 3.05) is 16.8 Å². The quantitative estimate of drug-likeness (QED) is 0.718. The first kappa shape index (κ1) is 17.0. The Hall–Kier alpha value is -2.35. The van der Waals surface area contributed by atoms with Crippen LogP contribution in [0.5, 0.6) is 0 Å². The fourth-order valence-electron chi connectivity index (χ4n) is 2.00. The highest BCUT2D eigenvalue weighted by Gasteiger charge is 2.18. The van der Waals surface area contributed by atoms with E-state index in [0.29, 0.717) is 11.1 Å². The number of thioether (sulfide) groups is 1. The van der Waals surface area contributed by atoms with Gasteiger partial charge in [0.05, 0.1) is 5.25 Å². The summed E-state index contributed by atoms with van der Waals surface area (Å²) in [5.74, 6) is 0.258. The molecule has 0 bridgehead atoms. The number of nitrogens with two attached hydrogens (primary N) is 2. The van der Waals surface area contributed by atoms with Gasteiger partial charge in [0.2, 0.25) is 17.8 Å². The van der Waals surface area contributed by atoms with Crippen molar-refractivity contribution in [1.29, 1.82) is 0 Å². The molecule has 0 spiro atoms. The number of nitrogens with zero attached hydrogens (tertiary/aromatic N) is 3. The highest BCUT2D eigenvalue weighted by Crippen LogP contribution is 2.26. The van der Waals surface area contributed by atoms with E-state index in [2.05, 4.69) is 34.1 Å². The number of carbonyl (C=O) groups excluding carboxylic acids is 1. The lowest BCUT2D eigenvalue weighted by molar-refractivity contribution is -0.115. The number of hydrogen-bond donors (Lipinski definition) is 3. The molecular weight excluding hydrogens is 312 g/mol. The number of aromatic nitrogens is 3. The Bertz CT molecular complexity index is 686. The molecule has 0 unspecified atom stereocenters. The molecule has 1 aromatic heterocycles. The summed E-state index contributed by atoms with van der Waals surface area (Å²) in [6.45, 7) is 5.94. The van der Waals surface area contributed by atoms with E-state index in [9.17, 15) is 4.79 Å². The molecule has 0 aliphatic rings. The van der Waals surface area contributed by atoms with Gasteiger partial charge in [-0.15, -0.1) is 0 Å². The molecule has 0 radical (unpaired) electrons. The van der Waals surface area contributed by atoms with E-state index in [4.69, 9.17) is 11.5 Å². The minimum absolute atomic E-state index is 0.0396. The highest BCUT2D eigenvalue weighted by molar-refractivity contribution is 8.00. The first-order valence-corrected chi connectivity index (χ1v) is 8.08. The van der Waals surface area contributed by atoms with Gasteiger partial charge >= 0.3 is 0 Å². The SMILES string of the molecule is CC(C)c1ccccc1NC(=O)[C@H](C)Sc1nc(N)nc(N)n1. The van der Waals surface area contributed by atoms with Crippen molar-refractivity contribution < 1.29 is 4.79 Å². The summed E-state index contributed by atoms with van der Waals surface area (Å²) in [5, 5.41) is 2.87. The molecule has 23 heavy (non-hydrogen) atoms. The Morgan fingerprint density at radius 1 is 1.09 bits per heavy atom. The van der Waals surface area contributed by atoms with Crippen molar-refractivity contribution in [2.45, 2.75) is 37.1 Å². The fourth-order valence-corrected chi connectivity index (χ4v) is 2.78. The molecule has 0 saturated heterocycles. The third kappa shape index (κ3) is 4.56. The maximum atomic E-state index is 12.4.